The molecule has 0 aromatic carbocycles. The van der Waals surface area contributed by atoms with E-state index >= 15 is 0 Å². The van der Waals surface area contributed by atoms with Gasteiger partial charge in [0.05, 0.1) is 6.42 Å². The second-order valence-electron chi connectivity index (χ2n) is 3.99. The molecule has 0 aliphatic rings. The van der Waals surface area contributed by atoms with E-state index in [1.54, 1.807) is 9.80 Å². The zero-order chi connectivity index (χ0) is 13.3. The largest absolute Gasteiger partial charge is 0.481 e. The van der Waals surface area contributed by atoms with Gasteiger partial charge in [0.15, 0.2) is 0 Å². The normalized spacial score (nSPS) is 10.1. The minimum absolute atomic E-state index is 0.00562. The Morgan fingerprint density at radius 2 is 1.47 bits per heavy atom. The number of carbonyl (C=O) groups excluding carboxylic acids is 1. The molecule has 17 heavy (non-hydrogen) atoms. The zero-order valence-corrected chi connectivity index (χ0v) is 11.1. The number of hydrogen-bond acceptors (Lipinski definition) is 2. The van der Waals surface area contributed by atoms with E-state index in [1.807, 2.05) is 20.8 Å². The van der Waals surface area contributed by atoms with Gasteiger partial charge in [-0.15, -0.1) is 0 Å². The molecule has 0 rings (SSSR count). The average molecular weight is 244 g/mol. The van der Waals surface area contributed by atoms with Crippen LogP contribution in [0.25, 0.3) is 0 Å². The number of carboxylic acid groups (broad SMARTS) is 1. The van der Waals surface area contributed by atoms with Gasteiger partial charge < -0.3 is 14.9 Å². The number of aliphatic carboxylic acids is 1. The van der Waals surface area contributed by atoms with Gasteiger partial charge in [-0.05, 0) is 19.8 Å². The van der Waals surface area contributed by atoms with Gasteiger partial charge in [0.2, 0.25) is 0 Å². The van der Waals surface area contributed by atoms with Gasteiger partial charge in [-0.3, -0.25) is 4.79 Å². The van der Waals surface area contributed by atoms with Crippen LogP contribution >= 0.6 is 0 Å². The lowest BCUT2D eigenvalue weighted by Crippen LogP contribution is -2.44. The maximum absolute atomic E-state index is 12.1. The van der Waals surface area contributed by atoms with E-state index in [0.29, 0.717) is 6.54 Å². The molecule has 5 nitrogen and oxygen atoms in total. The Bertz CT molecular complexity index is 238. The van der Waals surface area contributed by atoms with Crippen LogP contribution in [0.4, 0.5) is 4.79 Å². The number of carboxylic acids is 1. The summed E-state index contributed by atoms with van der Waals surface area (Å²) < 4.78 is 0. The minimum Gasteiger partial charge on any atom is -0.481 e. The van der Waals surface area contributed by atoms with Crippen molar-refractivity contribution in [3.8, 4) is 0 Å². The lowest BCUT2D eigenvalue weighted by molar-refractivity contribution is -0.137. The fraction of sp³-hybridized carbons (Fsp3) is 0.833. The Hall–Kier alpha value is -1.26. The summed E-state index contributed by atoms with van der Waals surface area (Å²) in [6, 6.07) is -0.0440. The molecule has 100 valence electrons. The summed E-state index contributed by atoms with van der Waals surface area (Å²) in [6.07, 6.45) is 1.84. The minimum atomic E-state index is -0.867. The van der Waals surface area contributed by atoms with E-state index in [9.17, 15) is 9.59 Å². The molecule has 0 saturated heterocycles. The van der Waals surface area contributed by atoms with Crippen molar-refractivity contribution < 1.29 is 14.7 Å². The van der Waals surface area contributed by atoms with Crippen molar-refractivity contribution in [1.29, 1.82) is 0 Å². The standard InChI is InChI=1S/C12H24N2O3/c1-4-8-14(9-5-2)12(17)13(6-3)10-7-11(15)16/h4-10H2,1-3H3,(H,15,16). The summed E-state index contributed by atoms with van der Waals surface area (Å²) in [5, 5.41) is 8.63. The van der Waals surface area contributed by atoms with Gasteiger partial charge in [0, 0.05) is 26.2 Å². The summed E-state index contributed by atoms with van der Waals surface area (Å²) >= 11 is 0. The second-order valence-corrected chi connectivity index (χ2v) is 3.99. The fourth-order valence-corrected chi connectivity index (χ4v) is 1.66. The Labute approximate surface area is 103 Å². The van der Waals surface area contributed by atoms with Gasteiger partial charge >= 0.3 is 12.0 Å². The molecule has 2 amide bonds. The van der Waals surface area contributed by atoms with Crippen molar-refractivity contribution in [2.75, 3.05) is 26.2 Å². The van der Waals surface area contributed by atoms with E-state index in [0.717, 1.165) is 25.9 Å². The van der Waals surface area contributed by atoms with Gasteiger partial charge in [-0.1, -0.05) is 13.8 Å². The number of hydrogen-bond donors (Lipinski definition) is 1. The van der Waals surface area contributed by atoms with Crippen LogP contribution in [0.3, 0.4) is 0 Å². The third-order valence-corrected chi connectivity index (χ3v) is 2.51. The molecular formula is C12H24N2O3. The number of urea groups is 1. The quantitative estimate of drug-likeness (QED) is 0.710. The molecule has 0 unspecified atom stereocenters. The van der Waals surface area contributed by atoms with Crippen molar-refractivity contribution in [2.24, 2.45) is 0 Å². The van der Waals surface area contributed by atoms with Crippen molar-refractivity contribution in [3.05, 3.63) is 0 Å². The molecule has 0 aromatic rings. The maximum Gasteiger partial charge on any atom is 0.320 e. The van der Waals surface area contributed by atoms with Crippen LogP contribution in [-0.2, 0) is 4.79 Å². The third kappa shape index (κ3) is 6.14. The average Bonchev–Trinajstić information content (AvgIpc) is 2.29. The van der Waals surface area contributed by atoms with Crippen molar-refractivity contribution >= 4 is 12.0 Å². The highest BCUT2D eigenvalue weighted by atomic mass is 16.4. The summed E-state index contributed by atoms with van der Waals surface area (Å²) in [7, 11) is 0. The lowest BCUT2D eigenvalue weighted by atomic mass is 10.3. The number of amides is 2. The first kappa shape index (κ1) is 15.7. The molecule has 0 atom stereocenters. The first-order valence-corrected chi connectivity index (χ1v) is 6.32. The van der Waals surface area contributed by atoms with Gasteiger partial charge in [-0.25, -0.2) is 4.79 Å². The first-order valence-electron chi connectivity index (χ1n) is 6.32. The van der Waals surface area contributed by atoms with Crippen LogP contribution in [-0.4, -0.2) is 53.1 Å². The Balaban J connectivity index is 4.40. The second kappa shape index (κ2) is 8.84. The molecule has 0 aromatic heterocycles. The highest BCUT2D eigenvalue weighted by molar-refractivity contribution is 5.75. The summed E-state index contributed by atoms with van der Waals surface area (Å²) in [4.78, 5) is 26.0. The highest BCUT2D eigenvalue weighted by Gasteiger charge is 2.18. The number of rotatable bonds is 8. The predicted molar refractivity (Wildman–Crippen MR) is 67.1 cm³/mol. The zero-order valence-electron chi connectivity index (χ0n) is 11.1. The van der Waals surface area contributed by atoms with E-state index < -0.39 is 5.97 Å². The number of nitrogens with zero attached hydrogens (tertiary/aromatic N) is 2. The molecule has 0 aliphatic heterocycles. The molecule has 0 spiro atoms. The molecule has 1 N–H and O–H groups in total. The molecular weight excluding hydrogens is 220 g/mol. The molecule has 0 fully saturated rings. The Morgan fingerprint density at radius 3 is 1.82 bits per heavy atom. The van der Waals surface area contributed by atoms with Gasteiger partial charge in [0.1, 0.15) is 0 Å². The molecule has 0 radical (unpaired) electrons. The summed E-state index contributed by atoms with van der Waals surface area (Å²) in [5.41, 5.74) is 0. The topological polar surface area (TPSA) is 60.9 Å². The summed E-state index contributed by atoms with van der Waals surface area (Å²) in [5.74, 6) is -0.867. The first-order chi connectivity index (χ1) is 8.06. The van der Waals surface area contributed by atoms with Crippen LogP contribution < -0.4 is 0 Å². The van der Waals surface area contributed by atoms with Gasteiger partial charge in [0.25, 0.3) is 0 Å². The molecule has 0 aliphatic carbocycles. The van der Waals surface area contributed by atoms with Gasteiger partial charge in [-0.2, -0.15) is 0 Å². The molecule has 0 heterocycles. The number of carbonyl (C=O) groups is 2. The monoisotopic (exact) mass is 244 g/mol. The van der Waals surface area contributed by atoms with Crippen LogP contribution in [0.1, 0.15) is 40.0 Å². The maximum atomic E-state index is 12.1. The molecule has 0 bridgehead atoms. The molecule has 0 saturated carbocycles. The van der Waals surface area contributed by atoms with E-state index in [2.05, 4.69) is 0 Å². The van der Waals surface area contributed by atoms with Crippen molar-refractivity contribution in [2.45, 2.75) is 40.0 Å². The fourth-order valence-electron chi connectivity index (χ4n) is 1.66. The molecule has 5 heteroatoms. The van der Waals surface area contributed by atoms with E-state index in [-0.39, 0.29) is 19.0 Å². The Morgan fingerprint density at radius 1 is 0.941 bits per heavy atom. The summed E-state index contributed by atoms with van der Waals surface area (Å²) in [6.45, 7) is 8.24. The predicted octanol–water partition coefficient (Wildman–Crippen LogP) is 2.02. The third-order valence-electron chi connectivity index (χ3n) is 2.51. The van der Waals surface area contributed by atoms with Crippen LogP contribution in [0.5, 0.6) is 0 Å². The Kier molecular flexibility index (Phi) is 8.19. The van der Waals surface area contributed by atoms with Crippen LogP contribution in [0.15, 0.2) is 0 Å². The lowest BCUT2D eigenvalue weighted by Gasteiger charge is -2.29. The van der Waals surface area contributed by atoms with Crippen molar-refractivity contribution in [1.82, 2.24) is 9.80 Å². The SMILES string of the molecule is CCCN(CCC)C(=O)N(CC)CCC(=O)O. The van der Waals surface area contributed by atoms with Crippen molar-refractivity contribution in [3.63, 3.8) is 0 Å². The smallest absolute Gasteiger partial charge is 0.320 e. The van der Waals surface area contributed by atoms with E-state index in [1.165, 1.54) is 0 Å². The van der Waals surface area contributed by atoms with E-state index in [4.69, 9.17) is 5.11 Å². The van der Waals surface area contributed by atoms with Crippen LogP contribution in [0.2, 0.25) is 0 Å². The highest BCUT2D eigenvalue weighted by Crippen LogP contribution is 2.03. The van der Waals surface area contributed by atoms with Crippen LogP contribution in [0, 0.1) is 0 Å².